The van der Waals surface area contributed by atoms with Gasteiger partial charge in [0.15, 0.2) is 0 Å². The lowest BCUT2D eigenvalue weighted by atomic mass is 10.1. The van der Waals surface area contributed by atoms with Crippen molar-refractivity contribution in [1.82, 2.24) is 9.21 Å². The van der Waals surface area contributed by atoms with Crippen molar-refractivity contribution in [3.8, 4) is 0 Å². The monoisotopic (exact) mass is 432 g/mol. The van der Waals surface area contributed by atoms with E-state index in [9.17, 15) is 13.2 Å². The Balaban J connectivity index is 1.58. The number of halogens is 2. The highest BCUT2D eigenvalue weighted by molar-refractivity contribution is 7.89. The van der Waals surface area contributed by atoms with E-state index in [1.165, 1.54) is 22.5 Å². The molecule has 2 aromatic rings. The maximum absolute atomic E-state index is 12.7. The van der Waals surface area contributed by atoms with Gasteiger partial charge in [0, 0.05) is 32.6 Å². The van der Waals surface area contributed by atoms with Gasteiger partial charge in [-0.2, -0.15) is 15.6 Å². The van der Waals surface area contributed by atoms with Gasteiger partial charge in [-0.25, -0.2) is 8.42 Å². The minimum absolute atomic E-state index is 0.0581. The summed E-state index contributed by atoms with van der Waals surface area (Å²) in [5, 5.41) is 4.54. The maximum atomic E-state index is 12.7. The number of hydrogen-bond donors (Lipinski definition) is 0. The van der Waals surface area contributed by atoms with E-state index in [4.69, 9.17) is 23.2 Å². The van der Waals surface area contributed by atoms with Crippen molar-refractivity contribution < 1.29 is 13.2 Å². The van der Waals surface area contributed by atoms with E-state index in [0.717, 1.165) is 5.56 Å². The van der Waals surface area contributed by atoms with E-state index in [1.54, 1.807) is 16.2 Å². The predicted molar refractivity (Wildman–Crippen MR) is 104 cm³/mol. The van der Waals surface area contributed by atoms with Crippen molar-refractivity contribution in [2.45, 2.75) is 17.7 Å². The van der Waals surface area contributed by atoms with Crippen molar-refractivity contribution in [3.05, 3.63) is 50.6 Å². The van der Waals surface area contributed by atoms with Crippen LogP contribution in [0.2, 0.25) is 10.0 Å². The first-order valence-electron chi connectivity index (χ1n) is 8.12. The number of hydrogen-bond acceptors (Lipinski definition) is 4. The molecule has 1 fully saturated rings. The molecule has 0 unspecified atom stereocenters. The molecule has 140 valence electrons. The van der Waals surface area contributed by atoms with Gasteiger partial charge in [-0.15, -0.1) is 0 Å². The molecule has 0 saturated carbocycles. The average molecular weight is 433 g/mol. The molecule has 0 radical (unpaired) electrons. The summed E-state index contributed by atoms with van der Waals surface area (Å²) in [6.07, 6.45) is 1.15. The summed E-state index contributed by atoms with van der Waals surface area (Å²) in [5.74, 6) is 0.0581. The van der Waals surface area contributed by atoms with Crippen LogP contribution in [0.5, 0.6) is 0 Å². The fourth-order valence-corrected chi connectivity index (χ4v) is 5.32. The zero-order valence-corrected chi connectivity index (χ0v) is 17.0. The molecule has 1 amide bonds. The van der Waals surface area contributed by atoms with Crippen molar-refractivity contribution in [2.75, 3.05) is 26.2 Å². The number of piperazine rings is 1. The van der Waals surface area contributed by atoms with Gasteiger partial charge in [0.1, 0.15) is 0 Å². The van der Waals surface area contributed by atoms with Gasteiger partial charge in [-0.1, -0.05) is 23.2 Å². The number of amides is 1. The summed E-state index contributed by atoms with van der Waals surface area (Å²) in [6.45, 7) is 1.32. The quantitative estimate of drug-likeness (QED) is 0.725. The van der Waals surface area contributed by atoms with Gasteiger partial charge < -0.3 is 4.90 Å². The molecule has 0 bridgehead atoms. The van der Waals surface area contributed by atoms with Gasteiger partial charge in [-0.3, -0.25) is 4.79 Å². The minimum Gasteiger partial charge on any atom is -0.340 e. The van der Waals surface area contributed by atoms with E-state index in [2.05, 4.69) is 0 Å². The summed E-state index contributed by atoms with van der Waals surface area (Å²) in [6, 6.07) is 6.29. The number of nitrogens with zero attached hydrogens (tertiary/aromatic N) is 2. The van der Waals surface area contributed by atoms with Crippen LogP contribution in [-0.4, -0.2) is 49.7 Å². The highest BCUT2D eigenvalue weighted by Gasteiger charge is 2.30. The number of sulfonamides is 1. The topological polar surface area (TPSA) is 57.7 Å². The van der Waals surface area contributed by atoms with E-state index < -0.39 is 10.0 Å². The molecule has 2 heterocycles. The Bertz CT molecular complexity index is 877. The van der Waals surface area contributed by atoms with Crippen molar-refractivity contribution >= 4 is 50.5 Å². The van der Waals surface area contributed by atoms with E-state index in [1.807, 2.05) is 16.8 Å². The van der Waals surface area contributed by atoms with Crippen LogP contribution in [-0.2, 0) is 21.2 Å². The van der Waals surface area contributed by atoms with Crippen molar-refractivity contribution in [1.29, 1.82) is 0 Å². The fourth-order valence-electron chi connectivity index (χ4n) is 2.81. The molecule has 1 aliphatic heterocycles. The second-order valence-corrected chi connectivity index (χ2v) is 9.52. The Morgan fingerprint density at radius 1 is 1.08 bits per heavy atom. The summed E-state index contributed by atoms with van der Waals surface area (Å²) in [4.78, 5) is 14.2. The van der Waals surface area contributed by atoms with Crippen LogP contribution < -0.4 is 0 Å². The third-order valence-electron chi connectivity index (χ3n) is 4.33. The molecule has 0 aliphatic carbocycles. The van der Waals surface area contributed by atoms with Crippen LogP contribution in [0, 0.1) is 0 Å². The number of carbonyl (C=O) groups is 1. The van der Waals surface area contributed by atoms with Crippen LogP contribution in [0.3, 0.4) is 0 Å². The zero-order valence-electron chi connectivity index (χ0n) is 13.9. The second kappa shape index (κ2) is 8.27. The Morgan fingerprint density at radius 3 is 2.42 bits per heavy atom. The lowest BCUT2D eigenvalue weighted by Gasteiger charge is -2.34. The van der Waals surface area contributed by atoms with Crippen LogP contribution in [0.25, 0.3) is 0 Å². The Hall–Kier alpha value is -1.12. The molecular formula is C17H18Cl2N2O3S2. The predicted octanol–water partition coefficient (Wildman–Crippen LogP) is 3.52. The average Bonchev–Trinajstić information content (AvgIpc) is 3.15. The van der Waals surface area contributed by atoms with Gasteiger partial charge in [-0.05, 0) is 47.0 Å². The summed E-state index contributed by atoms with van der Waals surface area (Å²) in [5.41, 5.74) is 1.16. The third-order valence-corrected chi connectivity index (χ3v) is 7.69. The molecule has 0 N–H and O–H groups in total. The van der Waals surface area contributed by atoms with Crippen molar-refractivity contribution in [3.63, 3.8) is 0 Å². The Morgan fingerprint density at radius 2 is 1.81 bits per heavy atom. The van der Waals surface area contributed by atoms with E-state index in [-0.39, 0.29) is 28.9 Å². The molecule has 9 heteroatoms. The third kappa shape index (κ3) is 4.40. The van der Waals surface area contributed by atoms with E-state index >= 15 is 0 Å². The highest BCUT2D eigenvalue weighted by atomic mass is 35.5. The van der Waals surface area contributed by atoms with Crippen LogP contribution in [0.1, 0.15) is 12.0 Å². The Kier molecular flexibility index (Phi) is 6.25. The molecule has 1 saturated heterocycles. The standard InChI is InChI=1S/C17H18Cl2N2O3S2/c18-15-3-2-14(11-16(15)19)26(23,24)21-8-6-20(7-9-21)17(22)4-1-13-5-10-25-12-13/h2-3,5,10-12H,1,4,6-9H2. The molecule has 0 atom stereocenters. The number of aryl methyl sites for hydroxylation is 1. The fraction of sp³-hybridized carbons (Fsp3) is 0.353. The van der Waals surface area contributed by atoms with Crippen LogP contribution in [0.15, 0.2) is 39.9 Å². The zero-order chi connectivity index (χ0) is 18.7. The molecule has 3 rings (SSSR count). The van der Waals surface area contributed by atoms with E-state index in [0.29, 0.717) is 31.0 Å². The summed E-state index contributed by atoms with van der Waals surface area (Å²) >= 11 is 13.4. The first-order valence-corrected chi connectivity index (χ1v) is 11.3. The number of rotatable bonds is 5. The number of benzene rings is 1. The molecular weight excluding hydrogens is 415 g/mol. The molecule has 1 aromatic carbocycles. The number of carbonyl (C=O) groups excluding carboxylic acids is 1. The first-order chi connectivity index (χ1) is 12.4. The van der Waals surface area contributed by atoms with Crippen LogP contribution in [0.4, 0.5) is 0 Å². The summed E-state index contributed by atoms with van der Waals surface area (Å²) < 4.78 is 26.8. The van der Waals surface area contributed by atoms with Gasteiger partial charge in [0.25, 0.3) is 0 Å². The molecule has 1 aliphatic rings. The van der Waals surface area contributed by atoms with Gasteiger partial charge >= 0.3 is 0 Å². The minimum atomic E-state index is -3.64. The molecule has 5 nitrogen and oxygen atoms in total. The van der Waals surface area contributed by atoms with Gasteiger partial charge in [0.2, 0.25) is 15.9 Å². The SMILES string of the molecule is O=C(CCc1ccsc1)N1CCN(S(=O)(=O)c2ccc(Cl)c(Cl)c2)CC1. The lowest BCUT2D eigenvalue weighted by Crippen LogP contribution is -2.50. The molecule has 26 heavy (non-hydrogen) atoms. The van der Waals surface area contributed by atoms with Crippen molar-refractivity contribution in [2.24, 2.45) is 0 Å². The molecule has 0 spiro atoms. The first kappa shape index (κ1) is 19.6. The molecule has 1 aromatic heterocycles. The van der Waals surface area contributed by atoms with Gasteiger partial charge in [0.05, 0.1) is 14.9 Å². The number of thiophene rings is 1. The smallest absolute Gasteiger partial charge is 0.243 e. The second-order valence-electron chi connectivity index (χ2n) is 5.99. The normalized spacial score (nSPS) is 16.0. The highest BCUT2D eigenvalue weighted by Crippen LogP contribution is 2.27. The summed E-state index contributed by atoms with van der Waals surface area (Å²) in [7, 11) is -3.64. The van der Waals surface area contributed by atoms with Crippen LogP contribution >= 0.6 is 34.5 Å². The lowest BCUT2D eigenvalue weighted by molar-refractivity contribution is -0.132. The largest absolute Gasteiger partial charge is 0.340 e. The Labute approximate surface area is 167 Å². The maximum Gasteiger partial charge on any atom is 0.243 e.